The highest BCUT2D eigenvalue weighted by molar-refractivity contribution is 4.91. The predicted molar refractivity (Wildman–Crippen MR) is 40.5 cm³/mol. The molecule has 66 valence electrons. The molecule has 0 radical (unpaired) electrons. The van der Waals surface area contributed by atoms with Gasteiger partial charge in [-0.3, -0.25) is 4.90 Å². The highest BCUT2D eigenvalue weighted by atomic mass is 16.5. The van der Waals surface area contributed by atoms with Gasteiger partial charge in [0.2, 0.25) is 6.39 Å². The lowest BCUT2D eigenvalue weighted by Crippen LogP contribution is -2.37. The van der Waals surface area contributed by atoms with Crippen molar-refractivity contribution in [1.82, 2.24) is 15.0 Å². The van der Waals surface area contributed by atoms with Gasteiger partial charge in [-0.05, 0) is 7.05 Å². The summed E-state index contributed by atoms with van der Waals surface area (Å²) in [7, 11) is 2.03. The Morgan fingerprint density at radius 1 is 1.67 bits per heavy atom. The minimum absolute atomic E-state index is 0.150. The molecule has 0 aliphatic carbocycles. The van der Waals surface area contributed by atoms with E-state index in [1.165, 1.54) is 6.39 Å². The van der Waals surface area contributed by atoms with E-state index in [0.717, 1.165) is 13.2 Å². The summed E-state index contributed by atoms with van der Waals surface area (Å²) in [6.07, 6.45) is 1.35. The first kappa shape index (κ1) is 7.70. The normalized spacial score (nSPS) is 25.9. The molecule has 5 nitrogen and oxygen atoms in total. The standard InChI is InChI=1S/C7H11N3O2/c1-10-2-3-11-4-6(10)7-8-5-12-9-7/h5-6H,2-4H2,1H3. The fourth-order valence-corrected chi connectivity index (χ4v) is 1.28. The number of aromatic nitrogens is 2. The Morgan fingerprint density at radius 2 is 2.58 bits per heavy atom. The van der Waals surface area contributed by atoms with Gasteiger partial charge in [-0.15, -0.1) is 0 Å². The molecule has 2 rings (SSSR count). The molecule has 1 aliphatic heterocycles. The van der Waals surface area contributed by atoms with E-state index < -0.39 is 0 Å². The van der Waals surface area contributed by atoms with Crippen molar-refractivity contribution < 1.29 is 9.26 Å². The molecule has 0 saturated carbocycles. The van der Waals surface area contributed by atoms with Crippen LogP contribution < -0.4 is 0 Å². The summed E-state index contributed by atoms with van der Waals surface area (Å²) in [5, 5.41) is 3.78. The fourth-order valence-electron chi connectivity index (χ4n) is 1.28. The summed E-state index contributed by atoms with van der Waals surface area (Å²) in [5.41, 5.74) is 0. The van der Waals surface area contributed by atoms with E-state index in [0.29, 0.717) is 12.4 Å². The van der Waals surface area contributed by atoms with Crippen molar-refractivity contribution in [3.8, 4) is 0 Å². The maximum atomic E-state index is 5.31. The summed E-state index contributed by atoms with van der Waals surface area (Å²) >= 11 is 0. The van der Waals surface area contributed by atoms with Crippen LogP contribution >= 0.6 is 0 Å². The fraction of sp³-hybridized carbons (Fsp3) is 0.714. The molecule has 2 heterocycles. The smallest absolute Gasteiger partial charge is 0.213 e. The van der Waals surface area contributed by atoms with Crippen LogP contribution in [0.4, 0.5) is 0 Å². The SMILES string of the molecule is CN1CCOCC1c1ncon1. The molecule has 5 heteroatoms. The second-order valence-corrected chi connectivity index (χ2v) is 2.86. The van der Waals surface area contributed by atoms with Crippen LogP contribution in [0.25, 0.3) is 0 Å². The van der Waals surface area contributed by atoms with Gasteiger partial charge in [0.1, 0.15) is 0 Å². The van der Waals surface area contributed by atoms with Crippen molar-refractivity contribution in [2.75, 3.05) is 26.8 Å². The second-order valence-electron chi connectivity index (χ2n) is 2.86. The number of hydrogen-bond donors (Lipinski definition) is 0. The number of ether oxygens (including phenoxy) is 1. The number of nitrogens with zero attached hydrogens (tertiary/aromatic N) is 3. The van der Waals surface area contributed by atoms with Crippen LogP contribution in [0.3, 0.4) is 0 Å². The highest BCUT2D eigenvalue weighted by Gasteiger charge is 2.24. The number of likely N-dealkylation sites (N-methyl/N-ethyl adjacent to an activating group) is 1. The maximum absolute atomic E-state index is 5.31. The van der Waals surface area contributed by atoms with E-state index in [2.05, 4.69) is 19.6 Å². The molecule has 12 heavy (non-hydrogen) atoms. The largest absolute Gasteiger partial charge is 0.378 e. The lowest BCUT2D eigenvalue weighted by atomic mass is 10.2. The van der Waals surface area contributed by atoms with Crippen molar-refractivity contribution in [3.63, 3.8) is 0 Å². The van der Waals surface area contributed by atoms with Crippen LogP contribution in [0.15, 0.2) is 10.9 Å². The van der Waals surface area contributed by atoms with Gasteiger partial charge in [0.15, 0.2) is 5.82 Å². The van der Waals surface area contributed by atoms with Crippen LogP contribution in [0.5, 0.6) is 0 Å². The van der Waals surface area contributed by atoms with Crippen LogP contribution in [-0.2, 0) is 4.74 Å². The zero-order chi connectivity index (χ0) is 8.39. The Labute approximate surface area is 70.3 Å². The van der Waals surface area contributed by atoms with Gasteiger partial charge in [0.25, 0.3) is 0 Å². The molecule has 1 aromatic rings. The monoisotopic (exact) mass is 169 g/mol. The molecule has 0 aromatic carbocycles. The summed E-state index contributed by atoms with van der Waals surface area (Å²) in [6, 6.07) is 0.150. The number of rotatable bonds is 1. The van der Waals surface area contributed by atoms with Gasteiger partial charge < -0.3 is 9.26 Å². The summed E-state index contributed by atoms with van der Waals surface area (Å²) in [6.45, 7) is 2.35. The lowest BCUT2D eigenvalue weighted by molar-refractivity contribution is 0.00109. The average Bonchev–Trinajstić information content (AvgIpc) is 2.57. The lowest BCUT2D eigenvalue weighted by Gasteiger charge is -2.29. The molecular weight excluding hydrogens is 158 g/mol. The van der Waals surface area contributed by atoms with Crippen molar-refractivity contribution in [2.24, 2.45) is 0 Å². The third-order valence-electron chi connectivity index (χ3n) is 2.07. The van der Waals surface area contributed by atoms with Gasteiger partial charge in [-0.1, -0.05) is 5.16 Å². The van der Waals surface area contributed by atoms with Gasteiger partial charge in [-0.25, -0.2) is 0 Å². The zero-order valence-electron chi connectivity index (χ0n) is 6.93. The first-order chi connectivity index (χ1) is 5.88. The van der Waals surface area contributed by atoms with E-state index in [4.69, 9.17) is 4.74 Å². The van der Waals surface area contributed by atoms with E-state index in [1.54, 1.807) is 0 Å². The minimum atomic E-state index is 0.150. The Hall–Kier alpha value is -0.940. The molecule has 1 aromatic heterocycles. The van der Waals surface area contributed by atoms with Gasteiger partial charge in [-0.2, -0.15) is 4.98 Å². The van der Waals surface area contributed by atoms with E-state index in [-0.39, 0.29) is 6.04 Å². The van der Waals surface area contributed by atoms with Crippen molar-refractivity contribution in [3.05, 3.63) is 12.2 Å². The molecular formula is C7H11N3O2. The van der Waals surface area contributed by atoms with E-state index >= 15 is 0 Å². The molecule has 1 saturated heterocycles. The Bertz CT molecular complexity index is 237. The van der Waals surface area contributed by atoms with Crippen molar-refractivity contribution in [1.29, 1.82) is 0 Å². The summed E-state index contributed by atoms with van der Waals surface area (Å²) in [4.78, 5) is 6.15. The molecule has 0 spiro atoms. The maximum Gasteiger partial charge on any atom is 0.213 e. The van der Waals surface area contributed by atoms with Gasteiger partial charge in [0.05, 0.1) is 19.3 Å². The molecule has 1 atom stereocenters. The molecule has 0 N–H and O–H groups in total. The van der Waals surface area contributed by atoms with Crippen LogP contribution in [0.2, 0.25) is 0 Å². The quantitative estimate of drug-likeness (QED) is 0.595. The summed E-state index contributed by atoms with van der Waals surface area (Å²) < 4.78 is 9.99. The van der Waals surface area contributed by atoms with Gasteiger partial charge in [0, 0.05) is 6.54 Å². The third kappa shape index (κ3) is 1.33. The van der Waals surface area contributed by atoms with Crippen molar-refractivity contribution in [2.45, 2.75) is 6.04 Å². The van der Waals surface area contributed by atoms with Gasteiger partial charge >= 0.3 is 0 Å². The second kappa shape index (κ2) is 3.20. The Kier molecular flexibility index (Phi) is 2.05. The topological polar surface area (TPSA) is 51.4 Å². The van der Waals surface area contributed by atoms with Crippen molar-refractivity contribution >= 4 is 0 Å². The first-order valence-corrected chi connectivity index (χ1v) is 3.92. The first-order valence-electron chi connectivity index (χ1n) is 3.92. The van der Waals surface area contributed by atoms with Crippen LogP contribution in [0.1, 0.15) is 11.9 Å². The van der Waals surface area contributed by atoms with E-state index in [1.807, 2.05) is 7.05 Å². The Morgan fingerprint density at radius 3 is 3.25 bits per heavy atom. The number of hydrogen-bond acceptors (Lipinski definition) is 5. The highest BCUT2D eigenvalue weighted by Crippen LogP contribution is 2.18. The van der Waals surface area contributed by atoms with Crippen LogP contribution in [0, 0.1) is 0 Å². The minimum Gasteiger partial charge on any atom is -0.378 e. The molecule has 1 fully saturated rings. The zero-order valence-corrected chi connectivity index (χ0v) is 6.93. The number of morpholine rings is 1. The molecule has 0 amide bonds. The molecule has 1 aliphatic rings. The summed E-state index contributed by atoms with van der Waals surface area (Å²) in [5.74, 6) is 0.706. The predicted octanol–water partition coefficient (Wildman–Crippen LogP) is 0.0727. The van der Waals surface area contributed by atoms with Crippen LogP contribution in [-0.4, -0.2) is 41.8 Å². The Balaban J connectivity index is 2.11. The average molecular weight is 169 g/mol. The molecule has 0 bridgehead atoms. The van der Waals surface area contributed by atoms with E-state index in [9.17, 15) is 0 Å². The third-order valence-corrected chi connectivity index (χ3v) is 2.07. The molecule has 1 unspecified atom stereocenters.